The molecule has 0 amide bonds. The summed E-state index contributed by atoms with van der Waals surface area (Å²) >= 11 is 0. The number of hydrogen-bond acceptors (Lipinski definition) is 2. The van der Waals surface area contributed by atoms with E-state index in [0.717, 1.165) is 31.0 Å². The molecule has 0 spiro atoms. The van der Waals surface area contributed by atoms with Crippen LogP contribution in [0.5, 0.6) is 11.5 Å². The SMILES string of the molecule is CCC[NH2+]Cc1ccc(OCCc2ccccc2)c(OC)c1. The molecule has 22 heavy (non-hydrogen) atoms. The Morgan fingerprint density at radius 1 is 0.955 bits per heavy atom. The third-order valence-corrected chi connectivity index (χ3v) is 3.59. The van der Waals surface area contributed by atoms with Gasteiger partial charge in [0.2, 0.25) is 0 Å². The molecule has 0 bridgehead atoms. The quantitative estimate of drug-likeness (QED) is 0.723. The molecule has 3 heteroatoms. The van der Waals surface area contributed by atoms with Crippen LogP contribution in [-0.4, -0.2) is 20.3 Å². The van der Waals surface area contributed by atoms with Crippen molar-refractivity contribution in [2.75, 3.05) is 20.3 Å². The molecule has 118 valence electrons. The van der Waals surface area contributed by atoms with Gasteiger partial charge < -0.3 is 14.8 Å². The van der Waals surface area contributed by atoms with Crippen molar-refractivity contribution in [3.8, 4) is 11.5 Å². The summed E-state index contributed by atoms with van der Waals surface area (Å²) in [5.74, 6) is 1.63. The average molecular weight is 300 g/mol. The number of quaternary nitrogens is 1. The molecule has 0 aliphatic carbocycles. The van der Waals surface area contributed by atoms with Crippen LogP contribution in [0.4, 0.5) is 0 Å². The van der Waals surface area contributed by atoms with Crippen LogP contribution in [0.2, 0.25) is 0 Å². The van der Waals surface area contributed by atoms with E-state index in [-0.39, 0.29) is 0 Å². The van der Waals surface area contributed by atoms with Crippen LogP contribution in [0, 0.1) is 0 Å². The highest BCUT2D eigenvalue weighted by Crippen LogP contribution is 2.27. The first-order valence-corrected chi connectivity index (χ1v) is 7.98. The van der Waals surface area contributed by atoms with Gasteiger partial charge in [0, 0.05) is 12.0 Å². The highest BCUT2D eigenvalue weighted by molar-refractivity contribution is 5.42. The van der Waals surface area contributed by atoms with Crippen molar-refractivity contribution in [1.29, 1.82) is 0 Å². The Labute approximate surface area is 133 Å². The largest absolute Gasteiger partial charge is 0.493 e. The first-order chi connectivity index (χ1) is 10.8. The highest BCUT2D eigenvalue weighted by Gasteiger charge is 2.07. The molecule has 2 N–H and O–H groups in total. The fourth-order valence-corrected chi connectivity index (χ4v) is 2.35. The second-order valence-corrected chi connectivity index (χ2v) is 5.35. The lowest BCUT2D eigenvalue weighted by molar-refractivity contribution is -0.670. The minimum Gasteiger partial charge on any atom is -0.493 e. The van der Waals surface area contributed by atoms with Gasteiger partial charge >= 0.3 is 0 Å². The first kappa shape index (κ1) is 16.4. The summed E-state index contributed by atoms with van der Waals surface area (Å²) in [5, 5.41) is 2.31. The molecule has 0 aliphatic rings. The molecular weight excluding hydrogens is 274 g/mol. The monoisotopic (exact) mass is 300 g/mol. The maximum atomic E-state index is 5.88. The molecule has 0 saturated carbocycles. The van der Waals surface area contributed by atoms with Crippen LogP contribution in [0.1, 0.15) is 24.5 Å². The number of rotatable bonds is 9. The Hall–Kier alpha value is -2.00. The molecule has 3 nitrogen and oxygen atoms in total. The molecule has 0 aromatic heterocycles. The van der Waals surface area contributed by atoms with Gasteiger partial charge in [-0.3, -0.25) is 0 Å². The van der Waals surface area contributed by atoms with Gasteiger partial charge in [-0.2, -0.15) is 0 Å². The lowest BCUT2D eigenvalue weighted by Crippen LogP contribution is -2.82. The fraction of sp³-hybridized carbons (Fsp3) is 0.368. The summed E-state index contributed by atoms with van der Waals surface area (Å²) in [5.41, 5.74) is 2.55. The van der Waals surface area contributed by atoms with E-state index in [0.29, 0.717) is 6.61 Å². The van der Waals surface area contributed by atoms with Gasteiger partial charge in [-0.1, -0.05) is 37.3 Å². The molecule has 0 fully saturated rings. The van der Waals surface area contributed by atoms with Crippen molar-refractivity contribution in [3.05, 3.63) is 59.7 Å². The molecule has 0 atom stereocenters. The minimum absolute atomic E-state index is 0.654. The summed E-state index contributed by atoms with van der Waals surface area (Å²) in [6, 6.07) is 16.6. The topological polar surface area (TPSA) is 35.1 Å². The molecule has 2 rings (SSSR count). The van der Waals surface area contributed by atoms with Gasteiger partial charge in [0.25, 0.3) is 0 Å². The number of methoxy groups -OCH3 is 1. The van der Waals surface area contributed by atoms with Crippen molar-refractivity contribution in [1.82, 2.24) is 0 Å². The molecule has 2 aromatic carbocycles. The van der Waals surface area contributed by atoms with Gasteiger partial charge in [0.15, 0.2) is 11.5 Å². The third kappa shape index (κ3) is 5.08. The van der Waals surface area contributed by atoms with Gasteiger partial charge in [-0.15, -0.1) is 0 Å². The summed E-state index contributed by atoms with van der Waals surface area (Å²) < 4.78 is 11.3. The molecule has 0 radical (unpaired) electrons. The zero-order valence-electron chi connectivity index (χ0n) is 13.5. The normalized spacial score (nSPS) is 10.5. The first-order valence-electron chi connectivity index (χ1n) is 7.98. The summed E-state index contributed by atoms with van der Waals surface area (Å²) in [6.07, 6.45) is 2.09. The van der Waals surface area contributed by atoms with E-state index in [2.05, 4.69) is 48.6 Å². The number of nitrogens with two attached hydrogens (primary N) is 1. The third-order valence-electron chi connectivity index (χ3n) is 3.59. The Bertz CT molecular complexity index is 555. The minimum atomic E-state index is 0.654. The van der Waals surface area contributed by atoms with Crippen LogP contribution in [0.25, 0.3) is 0 Å². The zero-order valence-corrected chi connectivity index (χ0v) is 13.5. The van der Waals surface area contributed by atoms with Crippen molar-refractivity contribution >= 4 is 0 Å². The Morgan fingerprint density at radius 3 is 2.50 bits per heavy atom. The molecule has 0 aliphatic heterocycles. The Kier molecular flexibility index (Phi) is 6.78. The maximum absolute atomic E-state index is 5.88. The second-order valence-electron chi connectivity index (χ2n) is 5.35. The lowest BCUT2D eigenvalue weighted by Gasteiger charge is -2.12. The van der Waals surface area contributed by atoms with E-state index < -0.39 is 0 Å². The van der Waals surface area contributed by atoms with Gasteiger partial charge in [0.05, 0.1) is 20.3 Å². The Morgan fingerprint density at radius 2 is 1.77 bits per heavy atom. The van der Waals surface area contributed by atoms with Crippen LogP contribution in [-0.2, 0) is 13.0 Å². The van der Waals surface area contributed by atoms with Gasteiger partial charge in [0.1, 0.15) is 6.54 Å². The van der Waals surface area contributed by atoms with E-state index in [1.165, 1.54) is 17.5 Å². The molecule has 0 heterocycles. The molecule has 0 unspecified atom stereocenters. The van der Waals surface area contributed by atoms with Crippen LogP contribution in [0.3, 0.4) is 0 Å². The van der Waals surface area contributed by atoms with E-state index in [1.54, 1.807) is 7.11 Å². The van der Waals surface area contributed by atoms with E-state index >= 15 is 0 Å². The Balaban J connectivity index is 1.89. The zero-order chi connectivity index (χ0) is 15.6. The van der Waals surface area contributed by atoms with Gasteiger partial charge in [-0.05, 0) is 30.2 Å². The van der Waals surface area contributed by atoms with Crippen LogP contribution < -0.4 is 14.8 Å². The molecule has 2 aromatic rings. The van der Waals surface area contributed by atoms with Crippen molar-refractivity contribution < 1.29 is 14.8 Å². The summed E-state index contributed by atoms with van der Waals surface area (Å²) in [4.78, 5) is 0. The van der Waals surface area contributed by atoms with Crippen LogP contribution >= 0.6 is 0 Å². The maximum Gasteiger partial charge on any atom is 0.161 e. The van der Waals surface area contributed by atoms with Crippen molar-refractivity contribution in [2.45, 2.75) is 26.3 Å². The summed E-state index contributed by atoms with van der Waals surface area (Å²) in [7, 11) is 1.69. The average Bonchev–Trinajstić information content (AvgIpc) is 2.57. The fourth-order valence-electron chi connectivity index (χ4n) is 2.35. The smallest absolute Gasteiger partial charge is 0.161 e. The van der Waals surface area contributed by atoms with Crippen molar-refractivity contribution in [2.24, 2.45) is 0 Å². The second kappa shape index (κ2) is 9.11. The lowest BCUT2D eigenvalue weighted by atomic mass is 10.1. The number of benzene rings is 2. The van der Waals surface area contributed by atoms with Crippen molar-refractivity contribution in [3.63, 3.8) is 0 Å². The summed E-state index contributed by atoms with van der Waals surface area (Å²) in [6.45, 7) is 4.98. The number of ether oxygens (including phenoxy) is 2. The molecule has 0 saturated heterocycles. The standard InChI is InChI=1S/C19H25NO2/c1-3-12-20-15-17-9-10-18(19(14-17)21-2)22-13-11-16-7-5-4-6-8-16/h4-10,14,20H,3,11-13,15H2,1-2H3/p+1. The van der Waals surface area contributed by atoms with E-state index in [4.69, 9.17) is 9.47 Å². The highest BCUT2D eigenvalue weighted by atomic mass is 16.5. The van der Waals surface area contributed by atoms with Crippen LogP contribution in [0.15, 0.2) is 48.5 Å². The predicted molar refractivity (Wildman–Crippen MR) is 89.4 cm³/mol. The number of hydrogen-bond donors (Lipinski definition) is 1. The van der Waals surface area contributed by atoms with Gasteiger partial charge in [-0.25, -0.2) is 0 Å². The molecular formula is C19H26NO2+. The van der Waals surface area contributed by atoms with E-state index in [1.807, 2.05) is 12.1 Å². The predicted octanol–water partition coefficient (Wildman–Crippen LogP) is 2.79. The van der Waals surface area contributed by atoms with E-state index in [9.17, 15) is 0 Å².